The summed E-state index contributed by atoms with van der Waals surface area (Å²) in [6.45, 7) is 0.704. The summed E-state index contributed by atoms with van der Waals surface area (Å²) in [7, 11) is 1.63. The van der Waals surface area contributed by atoms with Gasteiger partial charge in [0.05, 0.1) is 25.8 Å². The molecule has 4 rings (SSSR count). The predicted octanol–water partition coefficient (Wildman–Crippen LogP) is 5.46. The van der Waals surface area contributed by atoms with Crippen LogP contribution in [0.1, 0.15) is 10.4 Å². The van der Waals surface area contributed by atoms with E-state index in [4.69, 9.17) is 14.2 Å². The third-order valence-corrected chi connectivity index (χ3v) is 5.94. The minimum absolute atomic E-state index is 0.0118. The molecule has 2 amide bonds. The maximum atomic E-state index is 13.1. The van der Waals surface area contributed by atoms with E-state index in [1.807, 2.05) is 66.7 Å². The fourth-order valence-electron chi connectivity index (χ4n) is 3.78. The van der Waals surface area contributed by atoms with Crippen LogP contribution in [-0.2, 0) is 4.74 Å². The molecule has 1 aromatic heterocycles. The number of benzene rings is 3. The zero-order valence-electron chi connectivity index (χ0n) is 20.2. The van der Waals surface area contributed by atoms with Gasteiger partial charge in [0, 0.05) is 33.3 Å². The number of rotatable bonds is 10. The van der Waals surface area contributed by atoms with Crippen LogP contribution in [0.5, 0.6) is 11.5 Å². The minimum atomic E-state index is -0.590. The smallest absolute Gasteiger partial charge is 0.407 e. The first kappa shape index (κ1) is 26.0. The lowest BCUT2D eigenvalue weighted by Crippen LogP contribution is -2.36. The van der Waals surface area contributed by atoms with E-state index >= 15 is 0 Å². The number of anilines is 1. The molecule has 0 atom stereocenters. The van der Waals surface area contributed by atoms with Crippen molar-refractivity contribution in [1.82, 2.24) is 10.3 Å². The molecule has 3 aromatic carbocycles. The van der Waals surface area contributed by atoms with E-state index in [0.29, 0.717) is 21.5 Å². The van der Waals surface area contributed by atoms with Crippen molar-refractivity contribution >= 4 is 44.4 Å². The van der Waals surface area contributed by atoms with Gasteiger partial charge in [0.1, 0.15) is 24.7 Å². The molecule has 0 bridgehead atoms. The van der Waals surface area contributed by atoms with Gasteiger partial charge in [-0.05, 0) is 46.3 Å². The van der Waals surface area contributed by atoms with Gasteiger partial charge in [-0.1, -0.05) is 42.5 Å². The van der Waals surface area contributed by atoms with E-state index in [2.05, 4.69) is 26.2 Å². The highest BCUT2D eigenvalue weighted by atomic mass is 79.9. The number of carbonyl (C=O) groups is 2. The second-order valence-electron chi connectivity index (χ2n) is 7.91. The molecule has 0 spiro atoms. The Morgan fingerprint density at radius 3 is 2.35 bits per heavy atom. The maximum absolute atomic E-state index is 13.1. The molecule has 0 saturated heterocycles. The zero-order chi connectivity index (χ0) is 26.0. The van der Waals surface area contributed by atoms with Crippen molar-refractivity contribution in [1.29, 1.82) is 0 Å². The van der Waals surface area contributed by atoms with Crippen molar-refractivity contribution < 1.29 is 23.8 Å². The molecule has 0 unspecified atom stereocenters. The Balaban J connectivity index is 1.28. The van der Waals surface area contributed by atoms with Gasteiger partial charge < -0.3 is 24.4 Å². The summed E-state index contributed by atoms with van der Waals surface area (Å²) < 4.78 is 17.3. The Hall–Kier alpha value is -4.11. The Morgan fingerprint density at radius 1 is 0.919 bits per heavy atom. The molecule has 0 aliphatic rings. The summed E-state index contributed by atoms with van der Waals surface area (Å²) in [6, 6.07) is 22.4. The van der Waals surface area contributed by atoms with Crippen LogP contribution in [0.4, 0.5) is 10.5 Å². The first-order valence-corrected chi connectivity index (χ1v) is 12.4. The number of hydrogen-bond donors (Lipinski definition) is 1. The number of carbonyl (C=O) groups excluding carboxylic acids is 2. The summed E-state index contributed by atoms with van der Waals surface area (Å²) in [5.74, 6) is 1.22. The molecular formula is C28H26BrN3O5. The van der Waals surface area contributed by atoms with Crippen LogP contribution < -0.4 is 19.7 Å². The summed E-state index contributed by atoms with van der Waals surface area (Å²) in [5, 5.41) is 4.55. The zero-order valence-corrected chi connectivity index (χ0v) is 21.8. The Labute approximate surface area is 223 Å². The van der Waals surface area contributed by atoms with Crippen molar-refractivity contribution in [2.75, 3.05) is 38.3 Å². The van der Waals surface area contributed by atoms with E-state index in [0.717, 1.165) is 16.5 Å². The molecule has 37 heavy (non-hydrogen) atoms. The lowest BCUT2D eigenvalue weighted by Gasteiger charge is -2.23. The number of amides is 2. The molecular weight excluding hydrogens is 538 g/mol. The first-order valence-electron chi connectivity index (χ1n) is 11.6. The van der Waals surface area contributed by atoms with Crippen LogP contribution in [-0.4, -0.2) is 50.4 Å². The highest BCUT2D eigenvalue weighted by Crippen LogP contribution is 2.32. The van der Waals surface area contributed by atoms with Gasteiger partial charge in [-0.2, -0.15) is 0 Å². The average molecular weight is 564 g/mol. The Kier molecular flexibility index (Phi) is 8.93. The van der Waals surface area contributed by atoms with Gasteiger partial charge in [0.2, 0.25) is 0 Å². The molecule has 8 nitrogen and oxygen atoms in total. The van der Waals surface area contributed by atoms with Crippen LogP contribution in [0.15, 0.2) is 89.7 Å². The normalized spacial score (nSPS) is 10.5. The number of aromatic nitrogens is 1. The largest absolute Gasteiger partial charge is 0.496 e. The third-order valence-electron chi connectivity index (χ3n) is 5.51. The van der Waals surface area contributed by atoms with Crippen molar-refractivity contribution in [3.63, 3.8) is 0 Å². The van der Waals surface area contributed by atoms with Crippen LogP contribution in [0, 0.1) is 0 Å². The summed E-state index contributed by atoms with van der Waals surface area (Å²) >= 11 is 3.34. The first-order chi connectivity index (χ1) is 18.1. The van der Waals surface area contributed by atoms with Gasteiger partial charge in [-0.15, -0.1) is 0 Å². The SMILES string of the molecule is COc1ccc(OCCNC(=O)OCCN(C(=O)c2cncc(Br)c2)c2ccccc2)c2ccccc12. The van der Waals surface area contributed by atoms with Crippen LogP contribution in [0.25, 0.3) is 10.8 Å². The van der Waals surface area contributed by atoms with E-state index in [-0.39, 0.29) is 32.2 Å². The van der Waals surface area contributed by atoms with E-state index in [1.54, 1.807) is 24.3 Å². The number of nitrogens with zero attached hydrogens (tertiary/aromatic N) is 2. The van der Waals surface area contributed by atoms with Crippen molar-refractivity contribution in [3.05, 3.63) is 95.2 Å². The maximum Gasteiger partial charge on any atom is 0.407 e. The lowest BCUT2D eigenvalue weighted by atomic mass is 10.1. The van der Waals surface area contributed by atoms with Gasteiger partial charge in [-0.3, -0.25) is 9.78 Å². The number of alkyl carbamates (subject to hydrolysis) is 1. The number of halogens is 1. The van der Waals surface area contributed by atoms with E-state index < -0.39 is 6.09 Å². The standard InChI is InChI=1S/C28H26BrN3O5/c1-35-25-11-12-26(24-10-6-5-9-23(24)25)36-15-13-31-28(34)37-16-14-32(22-7-3-2-4-8-22)27(33)20-17-21(29)19-30-18-20/h2-12,17-19H,13-16H2,1H3,(H,31,34). The Morgan fingerprint density at radius 2 is 1.62 bits per heavy atom. The molecule has 0 aliphatic heterocycles. The minimum Gasteiger partial charge on any atom is -0.496 e. The van der Waals surface area contributed by atoms with Gasteiger partial charge in [0.15, 0.2) is 0 Å². The molecule has 0 aliphatic carbocycles. The molecule has 0 radical (unpaired) electrons. The lowest BCUT2D eigenvalue weighted by molar-refractivity contribution is 0.0972. The number of hydrogen-bond acceptors (Lipinski definition) is 6. The summed E-state index contributed by atoms with van der Waals surface area (Å²) in [6.07, 6.45) is 2.52. The van der Waals surface area contributed by atoms with Gasteiger partial charge >= 0.3 is 6.09 Å². The molecule has 190 valence electrons. The topological polar surface area (TPSA) is 90.0 Å². The molecule has 1 heterocycles. The van der Waals surface area contributed by atoms with Gasteiger partial charge in [-0.25, -0.2) is 4.79 Å². The third kappa shape index (κ3) is 6.77. The highest BCUT2D eigenvalue weighted by molar-refractivity contribution is 9.10. The van der Waals surface area contributed by atoms with E-state index in [9.17, 15) is 9.59 Å². The fourth-order valence-corrected chi connectivity index (χ4v) is 4.15. The van der Waals surface area contributed by atoms with Crippen molar-refractivity contribution in [2.45, 2.75) is 0 Å². The summed E-state index contributed by atoms with van der Waals surface area (Å²) in [4.78, 5) is 31.0. The van der Waals surface area contributed by atoms with Crippen LogP contribution in [0.3, 0.4) is 0 Å². The van der Waals surface area contributed by atoms with E-state index in [1.165, 1.54) is 6.20 Å². The quantitative estimate of drug-likeness (QED) is 0.258. The number of para-hydroxylation sites is 1. The second kappa shape index (κ2) is 12.7. The summed E-state index contributed by atoms with van der Waals surface area (Å²) in [5.41, 5.74) is 1.11. The molecule has 0 saturated carbocycles. The molecule has 1 N–H and O–H groups in total. The monoisotopic (exact) mass is 563 g/mol. The number of nitrogens with one attached hydrogen (secondary N) is 1. The number of ether oxygens (including phenoxy) is 3. The molecule has 4 aromatic rings. The second-order valence-corrected chi connectivity index (χ2v) is 8.82. The fraction of sp³-hybridized carbons (Fsp3) is 0.179. The predicted molar refractivity (Wildman–Crippen MR) is 145 cm³/mol. The molecule has 0 fully saturated rings. The van der Waals surface area contributed by atoms with Crippen LogP contribution in [0.2, 0.25) is 0 Å². The number of fused-ring (bicyclic) bond motifs is 1. The van der Waals surface area contributed by atoms with Gasteiger partial charge in [0.25, 0.3) is 5.91 Å². The highest BCUT2D eigenvalue weighted by Gasteiger charge is 2.19. The van der Waals surface area contributed by atoms with Crippen LogP contribution >= 0.6 is 15.9 Å². The number of pyridine rings is 1. The molecule has 9 heteroatoms. The average Bonchev–Trinajstić information content (AvgIpc) is 2.93. The number of methoxy groups -OCH3 is 1. The Bertz CT molecular complexity index is 1370. The van der Waals surface area contributed by atoms with Crippen molar-refractivity contribution in [3.8, 4) is 11.5 Å². The van der Waals surface area contributed by atoms with Crippen molar-refractivity contribution in [2.24, 2.45) is 0 Å².